The van der Waals surface area contributed by atoms with E-state index in [4.69, 9.17) is 10.5 Å². The molecule has 2 rings (SSSR count). The number of amides is 1. The van der Waals surface area contributed by atoms with Gasteiger partial charge in [0.2, 0.25) is 5.91 Å². The van der Waals surface area contributed by atoms with Crippen molar-refractivity contribution in [1.82, 2.24) is 4.90 Å². The fourth-order valence-corrected chi connectivity index (χ4v) is 2.37. The molecule has 20 heavy (non-hydrogen) atoms. The first kappa shape index (κ1) is 14.8. The minimum Gasteiger partial charge on any atom is -0.399 e. The predicted molar refractivity (Wildman–Crippen MR) is 80.7 cm³/mol. The first-order chi connectivity index (χ1) is 9.56. The number of carbonyl (C=O) groups is 1. The second-order valence-corrected chi connectivity index (χ2v) is 5.37. The summed E-state index contributed by atoms with van der Waals surface area (Å²) in [4.78, 5) is 14.2. The highest BCUT2D eigenvalue weighted by atomic mass is 16.5. The monoisotopic (exact) mass is 277 g/mol. The fraction of sp³-hybridized carbons (Fsp3) is 0.533. The van der Waals surface area contributed by atoms with Crippen molar-refractivity contribution in [1.29, 1.82) is 0 Å². The zero-order valence-electron chi connectivity index (χ0n) is 12.2. The molecule has 1 atom stereocenters. The average Bonchev–Trinajstić information content (AvgIpc) is 2.93. The third kappa shape index (κ3) is 3.95. The van der Waals surface area contributed by atoms with Crippen LogP contribution in [0.3, 0.4) is 0 Å². The Morgan fingerprint density at radius 3 is 3.00 bits per heavy atom. The third-order valence-electron chi connectivity index (χ3n) is 3.75. The number of nitrogens with two attached hydrogens (primary N) is 1. The average molecular weight is 277 g/mol. The normalized spacial score (nSPS) is 18.4. The molecule has 1 aromatic rings. The molecule has 1 aliphatic heterocycles. The van der Waals surface area contributed by atoms with Crippen LogP contribution in [0.15, 0.2) is 18.2 Å². The Kier molecular flexibility index (Phi) is 4.98. The summed E-state index contributed by atoms with van der Waals surface area (Å²) in [6.45, 7) is 4.28. The Balaban J connectivity index is 1.80. The molecule has 0 radical (unpaired) electrons. The fourth-order valence-electron chi connectivity index (χ4n) is 2.37. The second-order valence-electron chi connectivity index (χ2n) is 5.37. The molecule has 3 N–H and O–H groups in total. The van der Waals surface area contributed by atoms with Crippen molar-refractivity contribution in [2.75, 3.05) is 37.9 Å². The molecule has 1 heterocycles. The molecule has 1 unspecified atom stereocenters. The van der Waals surface area contributed by atoms with E-state index in [-0.39, 0.29) is 5.91 Å². The lowest BCUT2D eigenvalue weighted by molar-refractivity contribution is -0.116. The van der Waals surface area contributed by atoms with E-state index in [1.807, 2.05) is 26.1 Å². The summed E-state index contributed by atoms with van der Waals surface area (Å²) in [6, 6.07) is 5.94. The largest absolute Gasteiger partial charge is 0.399 e. The van der Waals surface area contributed by atoms with E-state index >= 15 is 0 Å². The minimum atomic E-state index is 0.0311. The first-order valence-corrected chi connectivity index (χ1v) is 7.00. The molecule has 0 aromatic heterocycles. The maximum Gasteiger partial charge on any atom is 0.225 e. The Morgan fingerprint density at radius 2 is 2.35 bits per heavy atom. The van der Waals surface area contributed by atoms with Crippen molar-refractivity contribution < 1.29 is 9.53 Å². The van der Waals surface area contributed by atoms with Gasteiger partial charge in [-0.05, 0) is 44.2 Å². The lowest BCUT2D eigenvalue weighted by Crippen LogP contribution is -2.34. The highest BCUT2D eigenvalue weighted by molar-refractivity contribution is 5.91. The molecule has 1 aromatic carbocycles. The van der Waals surface area contributed by atoms with Crippen molar-refractivity contribution in [3.05, 3.63) is 23.8 Å². The number of aryl methyl sites for hydroxylation is 1. The lowest BCUT2D eigenvalue weighted by atomic mass is 10.1. The van der Waals surface area contributed by atoms with Crippen LogP contribution in [0.2, 0.25) is 0 Å². The Morgan fingerprint density at radius 1 is 1.55 bits per heavy atom. The van der Waals surface area contributed by atoms with Crippen molar-refractivity contribution in [3.8, 4) is 0 Å². The maximum atomic E-state index is 12.0. The summed E-state index contributed by atoms with van der Waals surface area (Å²) < 4.78 is 5.35. The lowest BCUT2D eigenvalue weighted by Gasteiger charge is -2.22. The van der Waals surface area contributed by atoms with Crippen LogP contribution in [-0.4, -0.2) is 43.7 Å². The van der Waals surface area contributed by atoms with Crippen LogP contribution in [0.1, 0.15) is 18.4 Å². The van der Waals surface area contributed by atoms with Gasteiger partial charge in [0, 0.05) is 37.0 Å². The predicted octanol–water partition coefficient (Wildman–Crippen LogP) is 1.63. The van der Waals surface area contributed by atoms with Crippen molar-refractivity contribution >= 4 is 17.3 Å². The molecule has 0 spiro atoms. The van der Waals surface area contributed by atoms with Crippen molar-refractivity contribution in [2.45, 2.75) is 25.8 Å². The third-order valence-corrected chi connectivity index (χ3v) is 3.75. The van der Waals surface area contributed by atoms with Gasteiger partial charge in [0.1, 0.15) is 0 Å². The van der Waals surface area contributed by atoms with Crippen molar-refractivity contribution in [3.63, 3.8) is 0 Å². The van der Waals surface area contributed by atoms with E-state index in [9.17, 15) is 4.79 Å². The maximum absolute atomic E-state index is 12.0. The topological polar surface area (TPSA) is 67.6 Å². The molecule has 0 aliphatic carbocycles. The number of benzene rings is 1. The summed E-state index contributed by atoms with van der Waals surface area (Å²) in [5.74, 6) is 0.0311. The van der Waals surface area contributed by atoms with Gasteiger partial charge >= 0.3 is 0 Å². The molecule has 0 saturated carbocycles. The standard InChI is InChI=1S/C15H23N3O2/c1-11-9-12(16)3-4-14(11)17-15(19)5-7-18(2)13-6-8-20-10-13/h3-4,9,13H,5-8,10,16H2,1-2H3,(H,17,19). The Bertz CT molecular complexity index is 470. The second kappa shape index (κ2) is 6.72. The number of nitrogens with one attached hydrogen (secondary N) is 1. The van der Waals surface area contributed by atoms with Gasteiger partial charge in [0.25, 0.3) is 0 Å². The summed E-state index contributed by atoms with van der Waals surface area (Å²) in [5.41, 5.74) is 8.22. The highest BCUT2D eigenvalue weighted by Gasteiger charge is 2.20. The van der Waals surface area contributed by atoms with Crippen LogP contribution in [-0.2, 0) is 9.53 Å². The van der Waals surface area contributed by atoms with E-state index in [2.05, 4.69) is 10.2 Å². The number of nitrogen functional groups attached to an aromatic ring is 1. The van der Waals surface area contributed by atoms with E-state index in [0.717, 1.165) is 37.4 Å². The van der Waals surface area contributed by atoms with Crippen LogP contribution in [0.5, 0.6) is 0 Å². The van der Waals surface area contributed by atoms with Crippen LogP contribution >= 0.6 is 0 Å². The van der Waals surface area contributed by atoms with Crippen molar-refractivity contribution in [2.24, 2.45) is 0 Å². The number of hydrogen-bond acceptors (Lipinski definition) is 4. The molecule has 1 aliphatic rings. The number of carbonyl (C=O) groups excluding carboxylic acids is 1. The van der Waals surface area contributed by atoms with Gasteiger partial charge in [-0.1, -0.05) is 0 Å². The SMILES string of the molecule is Cc1cc(N)ccc1NC(=O)CCN(C)C1CCOC1. The van der Waals surface area contributed by atoms with E-state index in [1.54, 1.807) is 6.07 Å². The van der Waals surface area contributed by atoms with Gasteiger partial charge in [-0.25, -0.2) is 0 Å². The van der Waals surface area contributed by atoms with Gasteiger partial charge in [0.15, 0.2) is 0 Å². The quantitative estimate of drug-likeness (QED) is 0.803. The molecular formula is C15H23N3O2. The zero-order valence-corrected chi connectivity index (χ0v) is 12.2. The van der Waals surface area contributed by atoms with Gasteiger partial charge in [-0.2, -0.15) is 0 Å². The molecule has 1 amide bonds. The molecule has 0 bridgehead atoms. The summed E-state index contributed by atoms with van der Waals surface area (Å²) in [6.07, 6.45) is 1.53. The van der Waals surface area contributed by atoms with Crippen LogP contribution < -0.4 is 11.1 Å². The molecule has 110 valence electrons. The minimum absolute atomic E-state index is 0.0311. The molecule has 1 saturated heterocycles. The van der Waals surface area contributed by atoms with Crippen LogP contribution in [0.25, 0.3) is 0 Å². The Labute approximate surface area is 120 Å². The summed E-state index contributed by atoms with van der Waals surface area (Å²) in [5, 5.41) is 2.93. The zero-order chi connectivity index (χ0) is 14.5. The molecule has 1 fully saturated rings. The van der Waals surface area contributed by atoms with Crippen LogP contribution in [0.4, 0.5) is 11.4 Å². The number of likely N-dealkylation sites (N-methyl/N-ethyl adjacent to an activating group) is 1. The number of hydrogen-bond donors (Lipinski definition) is 2. The van der Waals surface area contributed by atoms with Gasteiger partial charge in [-0.15, -0.1) is 0 Å². The highest BCUT2D eigenvalue weighted by Crippen LogP contribution is 2.18. The van der Waals surface area contributed by atoms with Crippen LogP contribution in [0, 0.1) is 6.92 Å². The molecule has 5 nitrogen and oxygen atoms in total. The van der Waals surface area contributed by atoms with E-state index < -0.39 is 0 Å². The number of anilines is 2. The Hall–Kier alpha value is -1.59. The smallest absolute Gasteiger partial charge is 0.225 e. The van der Waals surface area contributed by atoms with Gasteiger partial charge in [0.05, 0.1) is 6.61 Å². The molecule has 5 heteroatoms. The van der Waals surface area contributed by atoms with Gasteiger partial charge in [-0.3, -0.25) is 4.79 Å². The number of rotatable bonds is 5. The first-order valence-electron chi connectivity index (χ1n) is 7.00. The summed E-state index contributed by atoms with van der Waals surface area (Å²) >= 11 is 0. The summed E-state index contributed by atoms with van der Waals surface area (Å²) in [7, 11) is 2.04. The molecular weight excluding hydrogens is 254 g/mol. The number of ether oxygens (including phenoxy) is 1. The van der Waals surface area contributed by atoms with E-state index in [1.165, 1.54) is 0 Å². The van der Waals surface area contributed by atoms with E-state index in [0.29, 0.717) is 18.2 Å². The number of nitrogens with zero attached hydrogens (tertiary/aromatic N) is 1. The van der Waals surface area contributed by atoms with Gasteiger partial charge < -0.3 is 20.7 Å².